The molecule has 24 heavy (non-hydrogen) atoms. The van der Waals surface area contributed by atoms with E-state index in [4.69, 9.17) is 10.1 Å². The average Bonchev–Trinajstić information content (AvgIpc) is 2.62. The number of hydroxylamine groups is 1. The lowest BCUT2D eigenvalue weighted by Gasteiger charge is -2.31. The molecular formula is C16H23N6O2. The van der Waals surface area contributed by atoms with Crippen LogP contribution in [0.5, 0.6) is 0 Å². The zero-order valence-electron chi connectivity index (χ0n) is 13.9. The number of anilines is 1. The van der Waals surface area contributed by atoms with E-state index in [0.717, 1.165) is 25.9 Å². The Morgan fingerprint density at radius 1 is 1.50 bits per heavy atom. The van der Waals surface area contributed by atoms with Crippen molar-refractivity contribution in [1.29, 1.82) is 5.26 Å². The summed E-state index contributed by atoms with van der Waals surface area (Å²) in [5.74, 6) is 0.862. The summed E-state index contributed by atoms with van der Waals surface area (Å²) in [7, 11) is 3.55. The average molecular weight is 331 g/mol. The van der Waals surface area contributed by atoms with Gasteiger partial charge in [-0.2, -0.15) is 5.26 Å². The second-order valence-corrected chi connectivity index (χ2v) is 5.96. The Morgan fingerprint density at radius 3 is 2.75 bits per heavy atom. The van der Waals surface area contributed by atoms with Crippen LogP contribution in [0.3, 0.4) is 0 Å². The SMILES string of the molecule is [CH2]N[C@@H](C)CONC(=O)CC1CCN(c2ncc(C#N)cn2)CC1. The molecule has 1 fully saturated rings. The molecule has 0 unspecified atom stereocenters. The highest BCUT2D eigenvalue weighted by atomic mass is 16.7. The normalized spacial score (nSPS) is 16.5. The predicted molar refractivity (Wildman–Crippen MR) is 88.4 cm³/mol. The molecule has 1 radical (unpaired) electrons. The first-order chi connectivity index (χ1) is 11.6. The van der Waals surface area contributed by atoms with Gasteiger partial charge in [0, 0.05) is 32.6 Å². The highest BCUT2D eigenvalue weighted by molar-refractivity contribution is 5.75. The van der Waals surface area contributed by atoms with E-state index in [2.05, 4.69) is 32.7 Å². The summed E-state index contributed by atoms with van der Waals surface area (Å²) in [6, 6.07) is 2.09. The first kappa shape index (κ1) is 18.1. The third kappa shape index (κ3) is 5.44. The fraction of sp³-hybridized carbons (Fsp3) is 0.562. The molecule has 1 aromatic rings. The lowest BCUT2D eigenvalue weighted by Crippen LogP contribution is -2.37. The molecule has 1 aliphatic rings. The van der Waals surface area contributed by atoms with Crippen LogP contribution in [0.15, 0.2) is 12.4 Å². The molecule has 2 N–H and O–H groups in total. The molecule has 0 bridgehead atoms. The highest BCUT2D eigenvalue weighted by Crippen LogP contribution is 2.22. The summed E-state index contributed by atoms with van der Waals surface area (Å²) in [6.07, 6.45) is 5.30. The molecule has 2 heterocycles. The molecule has 1 aromatic heterocycles. The van der Waals surface area contributed by atoms with E-state index in [0.29, 0.717) is 30.5 Å². The van der Waals surface area contributed by atoms with Crippen LogP contribution in [0.1, 0.15) is 31.7 Å². The van der Waals surface area contributed by atoms with Crippen LogP contribution in [-0.4, -0.2) is 41.6 Å². The minimum absolute atomic E-state index is 0.0842. The Bertz CT molecular complexity index is 563. The topological polar surface area (TPSA) is 103 Å². The first-order valence-corrected chi connectivity index (χ1v) is 8.02. The van der Waals surface area contributed by atoms with Crippen LogP contribution in [-0.2, 0) is 9.63 Å². The Labute approximate surface area is 142 Å². The summed E-state index contributed by atoms with van der Waals surface area (Å²) in [5, 5.41) is 11.6. The van der Waals surface area contributed by atoms with E-state index in [9.17, 15) is 4.79 Å². The summed E-state index contributed by atoms with van der Waals surface area (Å²) in [6.45, 7) is 3.89. The van der Waals surface area contributed by atoms with Gasteiger partial charge >= 0.3 is 0 Å². The van der Waals surface area contributed by atoms with Crippen molar-refractivity contribution in [2.45, 2.75) is 32.2 Å². The number of nitriles is 1. The van der Waals surface area contributed by atoms with E-state index in [-0.39, 0.29) is 11.9 Å². The van der Waals surface area contributed by atoms with E-state index in [1.54, 1.807) is 0 Å². The summed E-state index contributed by atoms with van der Waals surface area (Å²) in [4.78, 5) is 27.5. The molecule has 129 valence electrons. The molecule has 0 aromatic carbocycles. The number of hydrogen-bond donors (Lipinski definition) is 2. The summed E-state index contributed by atoms with van der Waals surface area (Å²) < 4.78 is 0. The fourth-order valence-electron chi connectivity index (χ4n) is 2.49. The van der Waals surface area contributed by atoms with Gasteiger partial charge < -0.3 is 10.2 Å². The first-order valence-electron chi connectivity index (χ1n) is 8.02. The highest BCUT2D eigenvalue weighted by Gasteiger charge is 2.23. The minimum Gasteiger partial charge on any atom is -0.341 e. The Hall–Kier alpha value is -2.24. The van der Waals surface area contributed by atoms with Crippen molar-refractivity contribution in [1.82, 2.24) is 20.8 Å². The Kier molecular flexibility index (Phi) is 6.90. The van der Waals surface area contributed by atoms with Gasteiger partial charge in [-0.05, 0) is 25.7 Å². The maximum Gasteiger partial charge on any atom is 0.243 e. The monoisotopic (exact) mass is 331 g/mol. The van der Waals surface area contributed by atoms with Crippen LogP contribution < -0.4 is 15.7 Å². The Balaban J connectivity index is 1.70. The number of aromatic nitrogens is 2. The largest absolute Gasteiger partial charge is 0.341 e. The Morgan fingerprint density at radius 2 is 2.17 bits per heavy atom. The number of nitrogens with one attached hydrogen (secondary N) is 2. The van der Waals surface area contributed by atoms with Gasteiger partial charge in [-0.15, -0.1) is 0 Å². The molecule has 0 aliphatic carbocycles. The van der Waals surface area contributed by atoms with Crippen LogP contribution in [0.4, 0.5) is 5.95 Å². The van der Waals surface area contributed by atoms with Gasteiger partial charge in [-0.3, -0.25) is 9.63 Å². The van der Waals surface area contributed by atoms with Crippen molar-refractivity contribution >= 4 is 11.9 Å². The lowest BCUT2D eigenvalue weighted by molar-refractivity contribution is -0.135. The van der Waals surface area contributed by atoms with E-state index < -0.39 is 0 Å². The molecule has 2 rings (SSSR count). The van der Waals surface area contributed by atoms with E-state index in [1.165, 1.54) is 12.4 Å². The second-order valence-electron chi connectivity index (χ2n) is 5.96. The molecule has 8 nitrogen and oxygen atoms in total. The standard InChI is InChI=1S/C16H23N6O2/c1-12(18-2)11-24-21-15(23)7-13-3-5-22(6-4-13)16-19-9-14(8-17)10-20-16/h9-10,12-13,18H,2-7,11H2,1H3,(H,21,23)/t12-/m0/s1. The zero-order chi connectivity index (χ0) is 17.4. The number of hydrogen-bond acceptors (Lipinski definition) is 7. The number of amides is 1. The molecular weight excluding hydrogens is 308 g/mol. The molecule has 8 heteroatoms. The van der Waals surface area contributed by atoms with Gasteiger partial charge in [0.15, 0.2) is 0 Å². The molecule has 1 saturated heterocycles. The molecule has 1 amide bonds. The van der Waals surface area contributed by atoms with Crippen LogP contribution in [0, 0.1) is 24.3 Å². The van der Waals surface area contributed by atoms with Crippen molar-refractivity contribution in [3.05, 3.63) is 25.0 Å². The van der Waals surface area contributed by atoms with Crippen molar-refractivity contribution < 1.29 is 9.63 Å². The van der Waals surface area contributed by atoms with Crippen LogP contribution >= 0.6 is 0 Å². The summed E-state index contributed by atoms with van der Waals surface area (Å²) >= 11 is 0. The number of rotatable bonds is 7. The molecule has 0 saturated carbocycles. The predicted octanol–water partition coefficient (Wildman–Crippen LogP) is 0.772. The number of carbonyl (C=O) groups is 1. The third-order valence-corrected chi connectivity index (χ3v) is 4.01. The quantitative estimate of drug-likeness (QED) is 0.711. The third-order valence-electron chi connectivity index (χ3n) is 4.01. The van der Waals surface area contributed by atoms with E-state index in [1.807, 2.05) is 13.0 Å². The number of piperidine rings is 1. The summed E-state index contributed by atoms with van der Waals surface area (Å²) in [5.41, 5.74) is 2.93. The zero-order valence-corrected chi connectivity index (χ0v) is 13.9. The van der Waals surface area contributed by atoms with Gasteiger partial charge in [-0.25, -0.2) is 15.4 Å². The minimum atomic E-state index is -0.0978. The van der Waals surface area contributed by atoms with Crippen molar-refractivity contribution in [2.75, 3.05) is 24.6 Å². The van der Waals surface area contributed by atoms with Crippen LogP contribution in [0.2, 0.25) is 0 Å². The van der Waals surface area contributed by atoms with Gasteiger partial charge in [0.1, 0.15) is 6.07 Å². The lowest BCUT2D eigenvalue weighted by atomic mass is 9.93. The second kappa shape index (κ2) is 9.15. The van der Waals surface area contributed by atoms with Crippen molar-refractivity contribution in [3.8, 4) is 6.07 Å². The fourth-order valence-corrected chi connectivity index (χ4v) is 2.49. The molecule has 0 spiro atoms. The van der Waals surface area contributed by atoms with Gasteiger partial charge in [0.25, 0.3) is 0 Å². The van der Waals surface area contributed by atoms with Gasteiger partial charge in [-0.1, -0.05) is 0 Å². The smallest absolute Gasteiger partial charge is 0.243 e. The van der Waals surface area contributed by atoms with E-state index >= 15 is 0 Å². The maximum atomic E-state index is 11.9. The maximum absolute atomic E-state index is 11.9. The molecule has 1 atom stereocenters. The molecule has 1 aliphatic heterocycles. The van der Waals surface area contributed by atoms with Crippen molar-refractivity contribution in [2.24, 2.45) is 5.92 Å². The van der Waals surface area contributed by atoms with Gasteiger partial charge in [0.05, 0.1) is 24.6 Å². The van der Waals surface area contributed by atoms with Crippen molar-refractivity contribution in [3.63, 3.8) is 0 Å². The van der Waals surface area contributed by atoms with Gasteiger partial charge in [0.2, 0.25) is 11.9 Å². The van der Waals surface area contributed by atoms with Crippen LogP contribution in [0.25, 0.3) is 0 Å². The number of nitrogens with zero attached hydrogens (tertiary/aromatic N) is 4. The number of carbonyl (C=O) groups excluding carboxylic acids is 1.